The highest BCUT2D eigenvalue weighted by atomic mass is 16.6. The van der Waals surface area contributed by atoms with E-state index < -0.39 is 60.3 Å². The maximum Gasteiger partial charge on any atom is 0.407 e. The van der Waals surface area contributed by atoms with Crippen molar-refractivity contribution < 1.29 is 33.8 Å². The highest BCUT2D eigenvalue weighted by Gasteiger charge is 2.37. The number of fused-ring (bicyclic) bond motifs is 3. The minimum Gasteiger partial charge on any atom is -0.458 e. The number of benzene rings is 3. The summed E-state index contributed by atoms with van der Waals surface area (Å²) < 4.78 is 11.0. The van der Waals surface area contributed by atoms with E-state index in [0.29, 0.717) is 5.56 Å². The summed E-state index contributed by atoms with van der Waals surface area (Å²) in [4.78, 5) is 54.2. The number of carbonyl (C=O) groups is 4. The van der Waals surface area contributed by atoms with Crippen molar-refractivity contribution in [2.24, 2.45) is 0 Å². The van der Waals surface area contributed by atoms with Gasteiger partial charge < -0.3 is 30.1 Å². The fourth-order valence-corrected chi connectivity index (χ4v) is 5.66. The van der Waals surface area contributed by atoms with Crippen LogP contribution in [-0.2, 0) is 23.9 Å². The monoisotopic (exact) mass is 629 g/mol. The standard InChI is InChI=1S/C36H43N3O7/c1-22(38-35(44)45-21-30-28-18-12-10-16-26(28)27-17-11-13-19-29(27)30)33(42)39(31(20-40)25-14-8-7-9-15-25)24(3)32(41)37-23(2)34(43)46-36(4,5)6/h7-19,22-24,30-31,40H,20-21H2,1-6H3,(H,37,41)(H,38,44)/t22-,23+,24-,31+/m0/s1. The normalized spacial score (nSPS) is 14.9. The van der Waals surface area contributed by atoms with Gasteiger partial charge in [-0.15, -0.1) is 0 Å². The first-order chi connectivity index (χ1) is 21.8. The Labute approximate surface area is 270 Å². The molecule has 4 atom stereocenters. The fourth-order valence-electron chi connectivity index (χ4n) is 5.66. The number of nitrogens with zero attached hydrogens (tertiary/aromatic N) is 1. The summed E-state index contributed by atoms with van der Waals surface area (Å²) in [6.07, 6.45) is -0.793. The third-order valence-corrected chi connectivity index (χ3v) is 7.91. The predicted molar refractivity (Wildman–Crippen MR) is 174 cm³/mol. The van der Waals surface area contributed by atoms with Crippen molar-refractivity contribution in [3.63, 3.8) is 0 Å². The van der Waals surface area contributed by atoms with Crippen molar-refractivity contribution in [3.05, 3.63) is 95.6 Å². The van der Waals surface area contributed by atoms with Crippen molar-refractivity contribution in [3.8, 4) is 11.1 Å². The Morgan fingerprint density at radius 1 is 0.804 bits per heavy atom. The van der Waals surface area contributed by atoms with Gasteiger partial charge in [0, 0.05) is 5.92 Å². The van der Waals surface area contributed by atoms with Crippen molar-refractivity contribution >= 4 is 23.9 Å². The lowest BCUT2D eigenvalue weighted by Crippen LogP contribution is -2.57. The molecule has 1 aliphatic carbocycles. The molecule has 0 saturated heterocycles. The Hall–Kier alpha value is -4.70. The number of hydrogen-bond acceptors (Lipinski definition) is 7. The summed E-state index contributed by atoms with van der Waals surface area (Å²) in [6.45, 7) is 9.22. The molecular weight excluding hydrogens is 586 g/mol. The molecule has 1 aliphatic rings. The Bertz CT molecular complexity index is 1510. The average molecular weight is 630 g/mol. The lowest BCUT2D eigenvalue weighted by atomic mass is 9.98. The number of hydrogen-bond donors (Lipinski definition) is 3. The highest BCUT2D eigenvalue weighted by Crippen LogP contribution is 2.44. The van der Waals surface area contributed by atoms with Gasteiger partial charge in [-0.3, -0.25) is 9.59 Å². The number of nitrogens with one attached hydrogen (secondary N) is 2. The van der Waals surface area contributed by atoms with Gasteiger partial charge in [-0.05, 0) is 69.4 Å². The van der Waals surface area contributed by atoms with E-state index in [-0.39, 0.29) is 12.5 Å². The first kappa shape index (κ1) is 34.2. The van der Waals surface area contributed by atoms with Crippen LogP contribution < -0.4 is 10.6 Å². The van der Waals surface area contributed by atoms with E-state index in [1.54, 1.807) is 51.1 Å². The van der Waals surface area contributed by atoms with Crippen molar-refractivity contribution in [1.82, 2.24) is 15.5 Å². The number of aliphatic hydroxyl groups excluding tert-OH is 1. The Morgan fingerprint density at radius 2 is 1.35 bits per heavy atom. The molecule has 0 bridgehead atoms. The third kappa shape index (κ3) is 7.92. The van der Waals surface area contributed by atoms with E-state index >= 15 is 0 Å². The number of esters is 1. The first-order valence-corrected chi connectivity index (χ1v) is 15.4. The molecule has 3 amide bonds. The van der Waals surface area contributed by atoms with Gasteiger partial charge >= 0.3 is 12.1 Å². The zero-order valence-corrected chi connectivity index (χ0v) is 27.2. The van der Waals surface area contributed by atoms with Gasteiger partial charge in [0.2, 0.25) is 11.8 Å². The summed E-state index contributed by atoms with van der Waals surface area (Å²) in [7, 11) is 0. The van der Waals surface area contributed by atoms with Crippen LogP contribution in [0, 0.1) is 0 Å². The fraction of sp³-hybridized carbons (Fsp3) is 0.389. The van der Waals surface area contributed by atoms with Crippen LogP contribution in [0.15, 0.2) is 78.9 Å². The summed E-state index contributed by atoms with van der Waals surface area (Å²) in [5, 5.41) is 15.7. The first-order valence-electron chi connectivity index (χ1n) is 15.4. The average Bonchev–Trinajstić information content (AvgIpc) is 3.35. The lowest BCUT2D eigenvalue weighted by molar-refractivity contribution is -0.158. The molecule has 46 heavy (non-hydrogen) atoms. The quantitative estimate of drug-likeness (QED) is 0.262. The molecule has 0 heterocycles. The van der Waals surface area contributed by atoms with E-state index in [0.717, 1.165) is 22.3 Å². The maximum atomic E-state index is 14.0. The molecule has 0 aliphatic heterocycles. The number of rotatable bonds is 11. The second-order valence-corrected chi connectivity index (χ2v) is 12.5. The van der Waals surface area contributed by atoms with E-state index in [1.165, 1.54) is 25.7 Å². The third-order valence-electron chi connectivity index (χ3n) is 7.91. The summed E-state index contributed by atoms with van der Waals surface area (Å²) >= 11 is 0. The molecule has 0 spiro atoms. The number of amides is 3. The topological polar surface area (TPSA) is 134 Å². The van der Waals surface area contributed by atoms with Crippen LogP contribution in [0.1, 0.15) is 70.2 Å². The zero-order valence-electron chi connectivity index (χ0n) is 27.2. The van der Waals surface area contributed by atoms with Gasteiger partial charge in [0.1, 0.15) is 30.3 Å². The minimum atomic E-state index is -1.14. The molecule has 0 unspecified atom stereocenters. The number of alkyl carbamates (subject to hydrolysis) is 1. The molecule has 0 saturated carbocycles. The zero-order chi connectivity index (χ0) is 33.6. The van der Waals surface area contributed by atoms with Crippen LogP contribution in [0.25, 0.3) is 11.1 Å². The van der Waals surface area contributed by atoms with Gasteiger partial charge in [0.25, 0.3) is 0 Å². The molecule has 3 N–H and O–H groups in total. The van der Waals surface area contributed by atoms with Gasteiger partial charge in [-0.25, -0.2) is 9.59 Å². The molecular formula is C36H43N3O7. The molecule has 3 aromatic carbocycles. The summed E-state index contributed by atoms with van der Waals surface area (Å²) in [6, 6.07) is 20.6. The largest absolute Gasteiger partial charge is 0.458 e. The van der Waals surface area contributed by atoms with Crippen LogP contribution in [0.4, 0.5) is 4.79 Å². The number of carbonyl (C=O) groups excluding carboxylic acids is 4. The van der Waals surface area contributed by atoms with Gasteiger partial charge in [-0.2, -0.15) is 0 Å². The maximum absolute atomic E-state index is 14.0. The molecule has 0 fully saturated rings. The number of aliphatic hydroxyl groups is 1. The molecule has 0 aromatic heterocycles. The molecule has 3 aromatic rings. The van der Waals surface area contributed by atoms with E-state index in [1.807, 2.05) is 48.5 Å². The van der Waals surface area contributed by atoms with Crippen LogP contribution in [0.5, 0.6) is 0 Å². The Kier molecular flexibility index (Phi) is 10.8. The lowest BCUT2D eigenvalue weighted by Gasteiger charge is -2.37. The summed E-state index contributed by atoms with van der Waals surface area (Å²) in [5.41, 5.74) is 4.14. The van der Waals surface area contributed by atoms with E-state index in [2.05, 4.69) is 10.6 Å². The van der Waals surface area contributed by atoms with Crippen LogP contribution in [0.3, 0.4) is 0 Å². The van der Waals surface area contributed by atoms with Gasteiger partial charge in [0.05, 0.1) is 12.6 Å². The molecule has 4 rings (SSSR count). The molecule has 0 radical (unpaired) electrons. The SMILES string of the molecule is C[C@H](NC(=O)OCC1c2ccccc2-c2ccccc21)C(=O)N([C@H](CO)c1ccccc1)[C@@H](C)C(=O)N[C@H](C)C(=O)OC(C)(C)C. The second-order valence-electron chi connectivity index (χ2n) is 12.5. The summed E-state index contributed by atoms with van der Waals surface area (Å²) in [5.74, 6) is -2.04. The Balaban J connectivity index is 1.48. The highest BCUT2D eigenvalue weighted by molar-refractivity contribution is 5.93. The Morgan fingerprint density at radius 3 is 1.89 bits per heavy atom. The smallest absolute Gasteiger partial charge is 0.407 e. The van der Waals surface area contributed by atoms with Gasteiger partial charge in [0.15, 0.2) is 0 Å². The molecule has 10 heteroatoms. The second kappa shape index (κ2) is 14.6. The minimum absolute atomic E-state index is 0.0646. The van der Waals surface area contributed by atoms with Crippen LogP contribution >= 0.6 is 0 Å². The van der Waals surface area contributed by atoms with E-state index in [4.69, 9.17) is 9.47 Å². The molecule has 244 valence electrons. The van der Waals surface area contributed by atoms with Crippen LogP contribution in [0.2, 0.25) is 0 Å². The van der Waals surface area contributed by atoms with Crippen molar-refractivity contribution in [2.75, 3.05) is 13.2 Å². The number of ether oxygens (including phenoxy) is 2. The van der Waals surface area contributed by atoms with Crippen LogP contribution in [-0.4, -0.2) is 70.8 Å². The van der Waals surface area contributed by atoms with Gasteiger partial charge in [-0.1, -0.05) is 78.9 Å². The van der Waals surface area contributed by atoms with Crippen molar-refractivity contribution in [2.45, 2.75) is 77.2 Å². The predicted octanol–water partition coefficient (Wildman–Crippen LogP) is 4.71. The van der Waals surface area contributed by atoms with Crippen molar-refractivity contribution in [1.29, 1.82) is 0 Å². The molecule has 10 nitrogen and oxygen atoms in total. The van der Waals surface area contributed by atoms with E-state index in [9.17, 15) is 24.3 Å².